The van der Waals surface area contributed by atoms with E-state index in [9.17, 15) is 18.0 Å². The predicted molar refractivity (Wildman–Crippen MR) is 120 cm³/mol. The highest BCUT2D eigenvalue weighted by molar-refractivity contribution is 5.70. The third kappa shape index (κ3) is 6.17. The summed E-state index contributed by atoms with van der Waals surface area (Å²) in [4.78, 5) is 20.7. The van der Waals surface area contributed by atoms with Crippen LogP contribution in [0.2, 0.25) is 0 Å². The number of nitrogens with one attached hydrogen (secondary N) is 1. The molecule has 11 heteroatoms. The SMILES string of the molecule is O=C(O)Cc1ccc(CNc2ncnc(N3CCCC3c3ccc(OC(F)(F)F)cc3)c2F)cc1. The van der Waals surface area contributed by atoms with Gasteiger partial charge in [-0.15, -0.1) is 13.2 Å². The first-order valence-corrected chi connectivity index (χ1v) is 10.9. The first kappa shape index (κ1) is 24.2. The van der Waals surface area contributed by atoms with Gasteiger partial charge in [-0.3, -0.25) is 4.79 Å². The van der Waals surface area contributed by atoms with Gasteiger partial charge in [0.05, 0.1) is 12.5 Å². The van der Waals surface area contributed by atoms with Crippen LogP contribution < -0.4 is 15.0 Å². The summed E-state index contributed by atoms with van der Waals surface area (Å²) in [6.07, 6.45) is -2.14. The molecule has 1 unspecified atom stereocenters. The Kier molecular flexibility index (Phi) is 7.04. The second-order valence-corrected chi connectivity index (χ2v) is 8.07. The number of aromatic nitrogens is 2. The van der Waals surface area contributed by atoms with E-state index in [0.717, 1.165) is 17.5 Å². The van der Waals surface area contributed by atoms with Crippen LogP contribution in [0.3, 0.4) is 0 Å². The van der Waals surface area contributed by atoms with Gasteiger partial charge in [0.25, 0.3) is 0 Å². The number of anilines is 2. The number of carboxylic acid groups (broad SMARTS) is 1. The highest BCUT2D eigenvalue weighted by Gasteiger charge is 2.32. The van der Waals surface area contributed by atoms with E-state index in [2.05, 4.69) is 20.0 Å². The van der Waals surface area contributed by atoms with E-state index in [4.69, 9.17) is 5.11 Å². The van der Waals surface area contributed by atoms with E-state index >= 15 is 4.39 Å². The largest absolute Gasteiger partial charge is 0.573 e. The molecule has 1 aliphatic heterocycles. The molecule has 0 bridgehead atoms. The van der Waals surface area contributed by atoms with Gasteiger partial charge < -0.3 is 20.1 Å². The molecule has 2 N–H and O–H groups in total. The van der Waals surface area contributed by atoms with Gasteiger partial charge in [-0.1, -0.05) is 36.4 Å². The third-order valence-corrected chi connectivity index (χ3v) is 5.63. The van der Waals surface area contributed by atoms with Crippen molar-refractivity contribution in [2.45, 2.75) is 38.2 Å². The van der Waals surface area contributed by atoms with Crippen LogP contribution in [-0.4, -0.2) is 34.0 Å². The Hall–Kier alpha value is -3.89. The molecule has 0 saturated carbocycles. The molecule has 1 fully saturated rings. The predicted octanol–water partition coefficient (Wildman–Crippen LogP) is 5.10. The summed E-state index contributed by atoms with van der Waals surface area (Å²) in [5.74, 6) is -1.74. The van der Waals surface area contributed by atoms with Gasteiger partial charge in [0.1, 0.15) is 12.1 Å². The van der Waals surface area contributed by atoms with Crippen molar-refractivity contribution in [3.8, 4) is 5.75 Å². The van der Waals surface area contributed by atoms with Crippen LogP contribution in [0.15, 0.2) is 54.9 Å². The lowest BCUT2D eigenvalue weighted by Gasteiger charge is -2.27. The van der Waals surface area contributed by atoms with Gasteiger partial charge in [-0.05, 0) is 41.7 Å². The molecule has 7 nitrogen and oxygen atoms in total. The maximum atomic E-state index is 15.3. The number of rotatable bonds is 8. The molecule has 2 heterocycles. The average Bonchev–Trinajstić information content (AvgIpc) is 3.28. The zero-order valence-corrected chi connectivity index (χ0v) is 18.4. The Labute approximate surface area is 198 Å². The molecule has 4 rings (SSSR count). The number of nitrogens with zero attached hydrogens (tertiary/aromatic N) is 3. The van der Waals surface area contributed by atoms with E-state index in [1.165, 1.54) is 30.6 Å². The summed E-state index contributed by atoms with van der Waals surface area (Å²) in [5.41, 5.74) is 2.21. The molecule has 35 heavy (non-hydrogen) atoms. The van der Waals surface area contributed by atoms with Crippen LogP contribution in [0, 0.1) is 5.82 Å². The fraction of sp³-hybridized carbons (Fsp3) is 0.292. The normalized spacial score (nSPS) is 15.8. The number of aliphatic carboxylic acids is 1. The van der Waals surface area contributed by atoms with Crippen molar-refractivity contribution in [2.75, 3.05) is 16.8 Å². The molecule has 1 atom stereocenters. The standard InChI is InChI=1S/C24H22F4N4O3/c25-21-22(29-13-16-5-3-15(4-6-16)12-20(33)34)30-14-31-23(21)32-11-1-2-19(32)17-7-9-18(10-8-17)35-24(26,27)28/h3-10,14,19H,1-2,11-13H2,(H,33,34)(H,29,30,31). The van der Waals surface area contributed by atoms with Crippen LogP contribution in [-0.2, 0) is 17.8 Å². The molecule has 1 aliphatic rings. The van der Waals surface area contributed by atoms with Crippen molar-refractivity contribution >= 4 is 17.6 Å². The Morgan fingerprint density at radius 1 is 1.09 bits per heavy atom. The topological polar surface area (TPSA) is 87.6 Å². The first-order chi connectivity index (χ1) is 16.7. The van der Waals surface area contributed by atoms with Crippen molar-refractivity contribution in [3.05, 3.63) is 77.4 Å². The van der Waals surface area contributed by atoms with Crippen LogP contribution in [0.4, 0.5) is 29.2 Å². The van der Waals surface area contributed by atoms with Crippen molar-refractivity contribution in [1.29, 1.82) is 0 Å². The molecule has 3 aromatic rings. The lowest BCUT2D eigenvalue weighted by atomic mass is 10.0. The van der Waals surface area contributed by atoms with Gasteiger partial charge in [0.15, 0.2) is 11.6 Å². The zero-order chi connectivity index (χ0) is 25.0. The Morgan fingerprint density at radius 3 is 2.43 bits per heavy atom. The number of carbonyl (C=O) groups is 1. The highest BCUT2D eigenvalue weighted by atomic mass is 19.4. The van der Waals surface area contributed by atoms with Crippen LogP contribution in [0.25, 0.3) is 0 Å². The number of alkyl halides is 3. The molecule has 0 radical (unpaired) electrons. The van der Waals surface area contributed by atoms with Gasteiger partial charge in [0, 0.05) is 13.1 Å². The van der Waals surface area contributed by atoms with Crippen LogP contribution >= 0.6 is 0 Å². The minimum absolute atomic E-state index is 0.0178. The molecule has 1 saturated heterocycles. The van der Waals surface area contributed by atoms with E-state index in [1.54, 1.807) is 29.2 Å². The molecular formula is C24H22F4N4O3. The van der Waals surface area contributed by atoms with E-state index in [0.29, 0.717) is 18.5 Å². The second kappa shape index (κ2) is 10.2. The summed E-state index contributed by atoms with van der Waals surface area (Å²) >= 11 is 0. The molecule has 0 spiro atoms. The van der Waals surface area contributed by atoms with E-state index in [-0.39, 0.29) is 36.4 Å². The third-order valence-electron chi connectivity index (χ3n) is 5.63. The number of hydrogen-bond donors (Lipinski definition) is 2. The quantitative estimate of drug-likeness (QED) is 0.425. The summed E-state index contributed by atoms with van der Waals surface area (Å²) in [6.45, 7) is 0.800. The van der Waals surface area contributed by atoms with Gasteiger partial charge in [-0.25, -0.2) is 9.97 Å². The minimum atomic E-state index is -4.77. The second-order valence-electron chi connectivity index (χ2n) is 8.07. The van der Waals surface area contributed by atoms with Gasteiger partial charge in [0.2, 0.25) is 5.82 Å². The van der Waals surface area contributed by atoms with Crippen molar-refractivity contribution in [2.24, 2.45) is 0 Å². The fourth-order valence-electron chi connectivity index (χ4n) is 4.08. The Balaban J connectivity index is 1.46. The van der Waals surface area contributed by atoms with Crippen LogP contribution in [0.1, 0.15) is 35.6 Å². The monoisotopic (exact) mass is 490 g/mol. The number of hydrogen-bond acceptors (Lipinski definition) is 6. The molecule has 0 amide bonds. The summed E-state index contributed by atoms with van der Waals surface area (Å²) in [6, 6.07) is 12.2. The molecule has 2 aromatic carbocycles. The zero-order valence-electron chi connectivity index (χ0n) is 18.4. The average molecular weight is 490 g/mol. The van der Waals surface area contributed by atoms with Crippen LogP contribution in [0.5, 0.6) is 5.75 Å². The number of ether oxygens (including phenoxy) is 1. The number of benzene rings is 2. The summed E-state index contributed by atoms with van der Waals surface area (Å²) < 4.78 is 56.5. The van der Waals surface area contributed by atoms with Crippen molar-refractivity contribution in [3.63, 3.8) is 0 Å². The number of carboxylic acids is 1. The van der Waals surface area contributed by atoms with Crippen molar-refractivity contribution in [1.82, 2.24) is 9.97 Å². The Morgan fingerprint density at radius 2 is 1.77 bits per heavy atom. The minimum Gasteiger partial charge on any atom is -0.481 e. The van der Waals surface area contributed by atoms with E-state index < -0.39 is 18.1 Å². The highest BCUT2D eigenvalue weighted by Crippen LogP contribution is 2.38. The van der Waals surface area contributed by atoms with Crippen molar-refractivity contribution < 1.29 is 32.2 Å². The smallest absolute Gasteiger partial charge is 0.481 e. The molecule has 184 valence electrons. The molecule has 0 aliphatic carbocycles. The summed E-state index contributed by atoms with van der Waals surface area (Å²) in [7, 11) is 0. The fourth-order valence-corrected chi connectivity index (χ4v) is 4.08. The van der Waals surface area contributed by atoms with E-state index in [1.807, 2.05) is 0 Å². The van der Waals surface area contributed by atoms with Gasteiger partial charge >= 0.3 is 12.3 Å². The Bertz CT molecular complexity index is 1170. The number of halogens is 4. The maximum absolute atomic E-state index is 15.3. The summed E-state index contributed by atoms with van der Waals surface area (Å²) in [5, 5.41) is 11.8. The lowest BCUT2D eigenvalue weighted by molar-refractivity contribution is -0.274. The van der Waals surface area contributed by atoms with Gasteiger partial charge in [-0.2, -0.15) is 4.39 Å². The molecular weight excluding hydrogens is 468 g/mol. The molecule has 1 aromatic heterocycles. The maximum Gasteiger partial charge on any atom is 0.573 e. The first-order valence-electron chi connectivity index (χ1n) is 10.9. The lowest BCUT2D eigenvalue weighted by Crippen LogP contribution is -2.25.